The van der Waals surface area contributed by atoms with Crippen LogP contribution < -0.4 is 10.5 Å². The van der Waals surface area contributed by atoms with Crippen molar-refractivity contribution in [1.29, 1.82) is 0 Å². The summed E-state index contributed by atoms with van der Waals surface area (Å²) in [5.74, 6) is 1.21. The van der Waals surface area contributed by atoms with E-state index in [-0.39, 0.29) is 0 Å². The van der Waals surface area contributed by atoms with Crippen LogP contribution in [0.1, 0.15) is 5.56 Å². The molecule has 0 bridgehead atoms. The van der Waals surface area contributed by atoms with Crippen molar-refractivity contribution in [3.63, 3.8) is 0 Å². The van der Waals surface area contributed by atoms with Crippen molar-refractivity contribution in [3.8, 4) is 11.4 Å². The van der Waals surface area contributed by atoms with E-state index in [0.29, 0.717) is 12.6 Å². The minimum Gasteiger partial charge on any atom is -0.497 e. The number of nitrogens with two attached hydrogens (primary N) is 1. The van der Waals surface area contributed by atoms with E-state index >= 15 is 0 Å². The first kappa shape index (κ1) is 13.5. The molecule has 5 heteroatoms. The highest BCUT2D eigenvalue weighted by Crippen LogP contribution is 2.28. The van der Waals surface area contributed by atoms with Gasteiger partial charge in [0.2, 0.25) is 5.95 Å². The maximum Gasteiger partial charge on any atom is 0.205 e. The van der Waals surface area contributed by atoms with Crippen molar-refractivity contribution in [2.45, 2.75) is 6.61 Å². The summed E-state index contributed by atoms with van der Waals surface area (Å²) in [7, 11) is 3.31. The van der Waals surface area contributed by atoms with E-state index in [4.69, 9.17) is 15.2 Å². The molecule has 1 aromatic heterocycles. The van der Waals surface area contributed by atoms with Crippen molar-refractivity contribution in [3.05, 3.63) is 48.0 Å². The second kappa shape index (κ2) is 5.46. The Kier molecular flexibility index (Phi) is 3.50. The van der Waals surface area contributed by atoms with Crippen LogP contribution in [-0.4, -0.2) is 23.8 Å². The Morgan fingerprint density at radius 3 is 2.71 bits per heavy atom. The molecule has 0 unspecified atom stereocenters. The van der Waals surface area contributed by atoms with Crippen LogP contribution in [0.2, 0.25) is 0 Å². The molecule has 21 heavy (non-hydrogen) atoms. The number of para-hydroxylation sites is 1. The Bertz CT molecular complexity index is 780. The first-order chi connectivity index (χ1) is 10.2. The van der Waals surface area contributed by atoms with Crippen LogP contribution in [0.25, 0.3) is 16.7 Å². The lowest BCUT2D eigenvalue weighted by Crippen LogP contribution is -2.04. The molecule has 0 aliphatic carbocycles. The number of rotatable bonds is 4. The van der Waals surface area contributed by atoms with Crippen LogP contribution in [0.4, 0.5) is 5.95 Å². The van der Waals surface area contributed by atoms with Gasteiger partial charge < -0.3 is 15.2 Å². The first-order valence-corrected chi connectivity index (χ1v) is 6.63. The molecule has 3 aromatic rings. The molecule has 2 N–H and O–H groups in total. The van der Waals surface area contributed by atoms with Gasteiger partial charge in [-0.2, -0.15) is 0 Å². The van der Waals surface area contributed by atoms with Crippen molar-refractivity contribution in [1.82, 2.24) is 9.55 Å². The van der Waals surface area contributed by atoms with Crippen molar-refractivity contribution in [2.75, 3.05) is 20.0 Å². The average molecular weight is 283 g/mol. The van der Waals surface area contributed by atoms with E-state index in [1.54, 1.807) is 14.2 Å². The van der Waals surface area contributed by atoms with Crippen molar-refractivity contribution < 1.29 is 9.47 Å². The maximum atomic E-state index is 6.11. The third-order valence-electron chi connectivity index (χ3n) is 3.42. The molecule has 0 atom stereocenters. The third-order valence-corrected chi connectivity index (χ3v) is 3.42. The monoisotopic (exact) mass is 283 g/mol. The summed E-state index contributed by atoms with van der Waals surface area (Å²) in [5, 5.41) is 0. The molecule has 3 rings (SSSR count). The Morgan fingerprint density at radius 1 is 1.14 bits per heavy atom. The molecular formula is C16H17N3O2. The zero-order valence-corrected chi connectivity index (χ0v) is 12.0. The minimum atomic E-state index is 0.446. The lowest BCUT2D eigenvalue weighted by molar-refractivity contribution is 0.185. The maximum absolute atomic E-state index is 6.11. The van der Waals surface area contributed by atoms with Gasteiger partial charge in [0.1, 0.15) is 5.75 Å². The number of benzene rings is 2. The number of ether oxygens (including phenoxy) is 2. The number of hydrogen-bond donors (Lipinski definition) is 1. The van der Waals surface area contributed by atoms with Crippen molar-refractivity contribution >= 4 is 17.0 Å². The number of hydrogen-bond acceptors (Lipinski definition) is 4. The SMILES string of the molecule is COCc1ccccc1-n1c(N)nc2cc(OC)ccc21. The van der Waals surface area contributed by atoms with Crippen LogP contribution in [0.15, 0.2) is 42.5 Å². The highest BCUT2D eigenvalue weighted by atomic mass is 16.5. The van der Waals surface area contributed by atoms with Crippen LogP contribution in [-0.2, 0) is 11.3 Å². The molecule has 5 nitrogen and oxygen atoms in total. The Hall–Kier alpha value is -2.53. The average Bonchev–Trinajstić information content (AvgIpc) is 2.83. The summed E-state index contributed by atoms with van der Waals surface area (Å²) < 4.78 is 12.4. The molecule has 0 saturated carbocycles. The molecule has 0 aliphatic heterocycles. The topological polar surface area (TPSA) is 62.3 Å². The van der Waals surface area contributed by atoms with Gasteiger partial charge >= 0.3 is 0 Å². The predicted molar refractivity (Wildman–Crippen MR) is 82.7 cm³/mol. The first-order valence-electron chi connectivity index (χ1n) is 6.63. The zero-order chi connectivity index (χ0) is 14.8. The number of nitrogen functional groups attached to an aromatic ring is 1. The molecule has 2 aromatic carbocycles. The van der Waals surface area contributed by atoms with Crippen LogP contribution in [0.5, 0.6) is 5.75 Å². The summed E-state index contributed by atoms with van der Waals surface area (Å²) in [6.07, 6.45) is 0. The van der Waals surface area contributed by atoms with Gasteiger partial charge in [-0.25, -0.2) is 4.98 Å². The van der Waals surface area contributed by atoms with Gasteiger partial charge in [-0.1, -0.05) is 18.2 Å². The molecule has 1 heterocycles. The second-order valence-corrected chi connectivity index (χ2v) is 4.72. The van der Waals surface area contributed by atoms with Crippen molar-refractivity contribution in [2.24, 2.45) is 0 Å². The normalized spacial score (nSPS) is 11.0. The molecule has 0 spiro atoms. The minimum absolute atomic E-state index is 0.446. The summed E-state index contributed by atoms with van der Waals surface area (Å²) in [6, 6.07) is 13.7. The highest BCUT2D eigenvalue weighted by Gasteiger charge is 2.13. The quantitative estimate of drug-likeness (QED) is 0.799. The van der Waals surface area contributed by atoms with Gasteiger partial charge in [0.15, 0.2) is 0 Å². The van der Waals surface area contributed by atoms with Gasteiger partial charge in [-0.05, 0) is 18.2 Å². The van der Waals surface area contributed by atoms with Crippen LogP contribution in [0.3, 0.4) is 0 Å². The van der Waals surface area contributed by atoms with Gasteiger partial charge in [0.25, 0.3) is 0 Å². The van der Waals surface area contributed by atoms with Gasteiger partial charge in [0, 0.05) is 18.7 Å². The molecule has 0 saturated heterocycles. The fourth-order valence-corrected chi connectivity index (χ4v) is 2.47. The van der Waals surface area contributed by atoms with Gasteiger partial charge in [-0.3, -0.25) is 4.57 Å². The predicted octanol–water partition coefficient (Wildman–Crippen LogP) is 2.76. The fraction of sp³-hybridized carbons (Fsp3) is 0.188. The summed E-state index contributed by atoms with van der Waals surface area (Å²) in [5.41, 5.74) is 9.89. The van der Waals surface area contributed by atoms with E-state index in [2.05, 4.69) is 4.98 Å². The standard InChI is InChI=1S/C16H17N3O2/c1-20-10-11-5-3-4-6-14(11)19-15-8-7-12(21-2)9-13(15)18-16(19)17/h3-9H,10H2,1-2H3,(H2,17,18). The number of imidazole rings is 1. The molecule has 0 amide bonds. The molecule has 108 valence electrons. The van der Waals surface area contributed by atoms with Crippen LogP contribution in [0, 0.1) is 0 Å². The summed E-state index contributed by atoms with van der Waals surface area (Å²) >= 11 is 0. The van der Waals surface area contributed by atoms with E-state index in [1.807, 2.05) is 47.0 Å². The van der Waals surface area contributed by atoms with E-state index in [9.17, 15) is 0 Å². The Labute approximate surface area is 122 Å². The van der Waals surface area contributed by atoms with E-state index < -0.39 is 0 Å². The number of aromatic nitrogens is 2. The largest absolute Gasteiger partial charge is 0.497 e. The molecular weight excluding hydrogens is 266 g/mol. The third kappa shape index (κ3) is 2.32. The molecule has 0 aliphatic rings. The van der Waals surface area contributed by atoms with E-state index in [0.717, 1.165) is 28.0 Å². The van der Waals surface area contributed by atoms with Gasteiger partial charge in [0.05, 0.1) is 30.4 Å². The number of anilines is 1. The Balaban J connectivity index is 2.23. The summed E-state index contributed by atoms with van der Waals surface area (Å²) in [4.78, 5) is 4.42. The molecule has 0 fully saturated rings. The second-order valence-electron chi connectivity index (χ2n) is 4.72. The fourth-order valence-electron chi connectivity index (χ4n) is 2.47. The number of fused-ring (bicyclic) bond motifs is 1. The highest BCUT2D eigenvalue weighted by molar-refractivity contribution is 5.82. The smallest absolute Gasteiger partial charge is 0.205 e. The van der Waals surface area contributed by atoms with Gasteiger partial charge in [-0.15, -0.1) is 0 Å². The van der Waals surface area contributed by atoms with E-state index in [1.165, 1.54) is 0 Å². The lowest BCUT2D eigenvalue weighted by Gasteiger charge is -2.12. The number of methoxy groups -OCH3 is 2. The zero-order valence-electron chi connectivity index (χ0n) is 12.0. The van der Waals surface area contributed by atoms with Crippen LogP contribution >= 0.6 is 0 Å². The Morgan fingerprint density at radius 2 is 1.95 bits per heavy atom. The lowest BCUT2D eigenvalue weighted by atomic mass is 10.2. The number of nitrogens with zero attached hydrogens (tertiary/aromatic N) is 2. The molecule has 0 radical (unpaired) electrons. The summed E-state index contributed by atoms with van der Waals surface area (Å²) in [6.45, 7) is 0.519.